The van der Waals surface area contributed by atoms with Crippen molar-refractivity contribution in [2.75, 3.05) is 31.1 Å². The SMILES string of the molecule is O=C(CCn1cnc2ccccc2c1=O)N1CCN(c2ccc(-n3cncn3)nn2)CC1. The summed E-state index contributed by atoms with van der Waals surface area (Å²) in [5.41, 5.74) is 0.537. The van der Waals surface area contributed by atoms with Crippen molar-refractivity contribution in [3.63, 3.8) is 0 Å². The summed E-state index contributed by atoms with van der Waals surface area (Å²) in [5.74, 6) is 1.38. The largest absolute Gasteiger partial charge is 0.352 e. The van der Waals surface area contributed by atoms with E-state index < -0.39 is 0 Å². The second-order valence-corrected chi connectivity index (χ2v) is 7.47. The molecule has 162 valence electrons. The summed E-state index contributed by atoms with van der Waals surface area (Å²) < 4.78 is 3.05. The minimum atomic E-state index is -0.124. The molecule has 11 nitrogen and oxygen atoms in total. The van der Waals surface area contributed by atoms with E-state index in [1.807, 2.05) is 29.2 Å². The summed E-state index contributed by atoms with van der Waals surface area (Å²) in [6.07, 6.45) is 4.78. The van der Waals surface area contributed by atoms with Crippen LogP contribution < -0.4 is 10.5 Å². The molecular weight excluding hydrogens is 410 g/mol. The molecule has 1 aliphatic heterocycles. The molecule has 3 aromatic heterocycles. The van der Waals surface area contributed by atoms with E-state index in [4.69, 9.17) is 0 Å². The van der Waals surface area contributed by atoms with E-state index in [9.17, 15) is 9.59 Å². The minimum absolute atomic E-state index is 0.0253. The molecular formula is C21H21N9O2. The molecule has 0 bridgehead atoms. The van der Waals surface area contributed by atoms with Crippen LogP contribution >= 0.6 is 0 Å². The van der Waals surface area contributed by atoms with Gasteiger partial charge < -0.3 is 9.80 Å². The lowest BCUT2D eigenvalue weighted by Gasteiger charge is -2.35. The predicted octanol–water partition coefficient (Wildman–Crippen LogP) is 0.506. The first-order chi connectivity index (χ1) is 15.7. The van der Waals surface area contributed by atoms with E-state index in [0.717, 1.165) is 5.82 Å². The highest BCUT2D eigenvalue weighted by molar-refractivity contribution is 5.77. The fourth-order valence-corrected chi connectivity index (χ4v) is 3.76. The van der Waals surface area contributed by atoms with Gasteiger partial charge in [0.25, 0.3) is 5.56 Å². The van der Waals surface area contributed by atoms with E-state index in [-0.39, 0.29) is 17.9 Å². The molecule has 1 aromatic carbocycles. The Hall–Kier alpha value is -4.15. The van der Waals surface area contributed by atoms with Crippen LogP contribution in [0.1, 0.15) is 6.42 Å². The van der Waals surface area contributed by atoms with Crippen LogP contribution in [0.15, 0.2) is 60.2 Å². The van der Waals surface area contributed by atoms with Gasteiger partial charge in [-0.2, -0.15) is 5.10 Å². The Morgan fingerprint density at radius 1 is 0.938 bits per heavy atom. The van der Waals surface area contributed by atoms with Gasteiger partial charge in [0.1, 0.15) is 12.7 Å². The number of carbonyl (C=O) groups is 1. The molecule has 4 aromatic rings. The number of para-hydroxylation sites is 1. The number of fused-ring (bicyclic) bond motifs is 1. The third-order valence-corrected chi connectivity index (χ3v) is 5.54. The van der Waals surface area contributed by atoms with Gasteiger partial charge in [0.15, 0.2) is 11.6 Å². The number of hydrogen-bond acceptors (Lipinski definition) is 8. The van der Waals surface area contributed by atoms with E-state index in [0.29, 0.717) is 49.4 Å². The lowest BCUT2D eigenvalue weighted by atomic mass is 10.2. The summed E-state index contributed by atoms with van der Waals surface area (Å²) in [6.45, 7) is 2.83. The first-order valence-electron chi connectivity index (χ1n) is 10.3. The molecule has 0 N–H and O–H groups in total. The number of aryl methyl sites for hydroxylation is 1. The summed E-state index contributed by atoms with van der Waals surface area (Å²) in [7, 11) is 0. The molecule has 32 heavy (non-hydrogen) atoms. The number of benzene rings is 1. The van der Waals surface area contributed by atoms with Gasteiger partial charge >= 0.3 is 0 Å². The molecule has 4 heterocycles. The van der Waals surface area contributed by atoms with E-state index in [1.165, 1.54) is 17.2 Å². The number of amides is 1. The molecule has 0 saturated carbocycles. The topological polar surface area (TPSA) is 115 Å². The van der Waals surface area contributed by atoms with Crippen LogP contribution in [0.25, 0.3) is 16.7 Å². The Labute approximate surface area is 183 Å². The van der Waals surface area contributed by atoms with Crippen molar-refractivity contribution in [3.8, 4) is 5.82 Å². The molecule has 0 unspecified atom stereocenters. The Balaban J connectivity index is 1.16. The third-order valence-electron chi connectivity index (χ3n) is 5.54. The second kappa shape index (κ2) is 8.53. The lowest BCUT2D eigenvalue weighted by Crippen LogP contribution is -2.49. The van der Waals surface area contributed by atoms with Gasteiger partial charge in [-0.15, -0.1) is 10.2 Å². The number of piperazine rings is 1. The average molecular weight is 431 g/mol. The predicted molar refractivity (Wildman–Crippen MR) is 116 cm³/mol. The van der Waals surface area contributed by atoms with Crippen molar-refractivity contribution in [1.82, 2.24) is 39.4 Å². The first kappa shape index (κ1) is 19.8. The standard InChI is InChI=1S/C21H21N9O2/c31-20(7-8-29-15-23-17-4-2-1-3-16(17)21(29)32)28-11-9-27(10-12-28)18-5-6-19(26-25-18)30-14-22-13-24-30/h1-6,13-15H,7-12H2. The van der Waals surface area contributed by atoms with E-state index in [1.54, 1.807) is 23.1 Å². The van der Waals surface area contributed by atoms with Crippen LogP contribution in [0, 0.1) is 0 Å². The molecule has 1 amide bonds. The van der Waals surface area contributed by atoms with Crippen molar-refractivity contribution >= 4 is 22.6 Å². The maximum absolute atomic E-state index is 12.7. The molecule has 11 heteroatoms. The summed E-state index contributed by atoms with van der Waals surface area (Å²) in [6, 6.07) is 10.9. The van der Waals surface area contributed by atoms with Crippen LogP contribution in [0.2, 0.25) is 0 Å². The Bertz CT molecular complexity index is 1280. The highest BCUT2D eigenvalue weighted by Gasteiger charge is 2.22. The lowest BCUT2D eigenvalue weighted by molar-refractivity contribution is -0.131. The average Bonchev–Trinajstić information content (AvgIpc) is 3.39. The van der Waals surface area contributed by atoms with Crippen molar-refractivity contribution in [1.29, 1.82) is 0 Å². The number of rotatable bonds is 5. The zero-order chi connectivity index (χ0) is 21.9. The molecule has 5 rings (SSSR count). The van der Waals surface area contributed by atoms with E-state index >= 15 is 0 Å². The maximum Gasteiger partial charge on any atom is 0.261 e. The molecule has 0 spiro atoms. The van der Waals surface area contributed by atoms with Gasteiger partial charge in [-0.25, -0.2) is 14.6 Å². The van der Waals surface area contributed by atoms with E-state index in [2.05, 4.69) is 30.2 Å². The number of carbonyl (C=O) groups excluding carboxylic acids is 1. The van der Waals surface area contributed by atoms with Gasteiger partial charge in [0.05, 0.1) is 17.2 Å². The molecule has 0 aliphatic carbocycles. The number of hydrogen-bond donors (Lipinski definition) is 0. The van der Waals surface area contributed by atoms with Crippen molar-refractivity contribution < 1.29 is 4.79 Å². The third kappa shape index (κ3) is 3.92. The molecule has 0 atom stereocenters. The number of nitrogens with zero attached hydrogens (tertiary/aromatic N) is 9. The summed E-state index contributed by atoms with van der Waals surface area (Å²) in [5, 5.41) is 13.1. The first-order valence-corrected chi connectivity index (χ1v) is 10.3. The quantitative estimate of drug-likeness (QED) is 0.449. The van der Waals surface area contributed by atoms with Crippen molar-refractivity contribution in [2.45, 2.75) is 13.0 Å². The monoisotopic (exact) mass is 431 g/mol. The smallest absolute Gasteiger partial charge is 0.261 e. The maximum atomic E-state index is 12.7. The Morgan fingerprint density at radius 3 is 2.47 bits per heavy atom. The summed E-state index contributed by atoms with van der Waals surface area (Å²) >= 11 is 0. The Morgan fingerprint density at radius 2 is 1.72 bits per heavy atom. The van der Waals surface area contributed by atoms with Crippen molar-refractivity contribution in [2.24, 2.45) is 0 Å². The van der Waals surface area contributed by atoms with Crippen LogP contribution in [0.5, 0.6) is 0 Å². The number of aromatic nitrogens is 7. The highest BCUT2D eigenvalue weighted by Crippen LogP contribution is 2.14. The van der Waals surface area contributed by atoms with Crippen LogP contribution in [0.4, 0.5) is 5.82 Å². The fourth-order valence-electron chi connectivity index (χ4n) is 3.76. The minimum Gasteiger partial charge on any atom is -0.352 e. The van der Waals surface area contributed by atoms with Crippen LogP contribution in [-0.4, -0.2) is 71.5 Å². The highest BCUT2D eigenvalue weighted by atomic mass is 16.2. The Kier molecular flexibility index (Phi) is 5.28. The second-order valence-electron chi connectivity index (χ2n) is 7.47. The molecule has 0 radical (unpaired) electrons. The normalized spacial score (nSPS) is 14.1. The fraction of sp³-hybridized carbons (Fsp3) is 0.286. The van der Waals surface area contributed by atoms with Gasteiger partial charge in [0, 0.05) is 39.1 Å². The zero-order valence-corrected chi connectivity index (χ0v) is 17.3. The molecule has 1 aliphatic rings. The van der Waals surface area contributed by atoms with Gasteiger partial charge in [0.2, 0.25) is 5.91 Å². The van der Waals surface area contributed by atoms with Crippen LogP contribution in [0.3, 0.4) is 0 Å². The van der Waals surface area contributed by atoms with Gasteiger partial charge in [-0.05, 0) is 24.3 Å². The number of anilines is 1. The van der Waals surface area contributed by atoms with Gasteiger partial charge in [-0.1, -0.05) is 12.1 Å². The van der Waals surface area contributed by atoms with Crippen LogP contribution in [-0.2, 0) is 11.3 Å². The van der Waals surface area contributed by atoms with Gasteiger partial charge in [-0.3, -0.25) is 14.2 Å². The zero-order valence-electron chi connectivity index (χ0n) is 17.3. The van der Waals surface area contributed by atoms with Crippen molar-refractivity contribution in [3.05, 3.63) is 65.7 Å². The summed E-state index contributed by atoms with van der Waals surface area (Å²) in [4.78, 5) is 37.4. The molecule has 1 saturated heterocycles. The molecule has 1 fully saturated rings.